The van der Waals surface area contributed by atoms with Gasteiger partial charge in [-0.1, -0.05) is 36.4 Å². The molecule has 0 aliphatic carbocycles. The van der Waals surface area contributed by atoms with Crippen LogP contribution in [0.3, 0.4) is 0 Å². The summed E-state index contributed by atoms with van der Waals surface area (Å²) < 4.78 is 1.70. The van der Waals surface area contributed by atoms with Crippen molar-refractivity contribution in [1.29, 1.82) is 0 Å². The molecule has 0 atom stereocenters. The summed E-state index contributed by atoms with van der Waals surface area (Å²) in [5.41, 5.74) is 2.29. The maximum atomic E-state index is 12.8. The molecular formula is C22H22N4O2. The smallest absolute Gasteiger partial charge is 0.257 e. The Bertz CT molecular complexity index is 945. The molecule has 0 bridgehead atoms. The number of rotatable bonds is 4. The summed E-state index contributed by atoms with van der Waals surface area (Å²) in [5.74, 6) is -0.0874. The highest BCUT2D eigenvalue weighted by Gasteiger charge is 2.28. The van der Waals surface area contributed by atoms with Gasteiger partial charge in [-0.25, -0.2) is 4.68 Å². The molecule has 0 saturated carbocycles. The highest BCUT2D eigenvalue weighted by Crippen LogP contribution is 2.21. The third kappa shape index (κ3) is 3.96. The molecule has 0 spiro atoms. The lowest BCUT2D eigenvalue weighted by Gasteiger charge is -2.31. The average Bonchev–Trinajstić information content (AvgIpc) is 3.25. The minimum Gasteiger partial charge on any atom is -0.339 e. The van der Waals surface area contributed by atoms with E-state index >= 15 is 0 Å². The zero-order chi connectivity index (χ0) is 19.3. The lowest BCUT2D eigenvalue weighted by molar-refractivity contribution is -0.121. The third-order valence-corrected chi connectivity index (χ3v) is 5.04. The number of carbonyl (C=O) groups excluding carboxylic acids is 2. The molecule has 1 aliphatic heterocycles. The van der Waals surface area contributed by atoms with Gasteiger partial charge < -0.3 is 10.2 Å². The first-order valence-corrected chi connectivity index (χ1v) is 9.46. The molecular weight excluding hydrogens is 352 g/mol. The van der Waals surface area contributed by atoms with Crippen LogP contribution in [0, 0.1) is 5.92 Å². The molecule has 1 fully saturated rings. The van der Waals surface area contributed by atoms with E-state index in [1.807, 2.05) is 60.7 Å². The van der Waals surface area contributed by atoms with E-state index in [1.54, 1.807) is 22.0 Å². The van der Waals surface area contributed by atoms with Gasteiger partial charge in [0.25, 0.3) is 5.91 Å². The number of aromatic nitrogens is 2. The van der Waals surface area contributed by atoms with Crippen LogP contribution < -0.4 is 5.32 Å². The first-order valence-electron chi connectivity index (χ1n) is 9.46. The summed E-state index contributed by atoms with van der Waals surface area (Å²) in [6.07, 6.45) is 4.68. The molecule has 0 unspecified atom stereocenters. The molecule has 2 aromatic carbocycles. The van der Waals surface area contributed by atoms with Crippen LogP contribution in [-0.2, 0) is 4.79 Å². The predicted molar refractivity (Wildman–Crippen MR) is 107 cm³/mol. The van der Waals surface area contributed by atoms with Gasteiger partial charge in [-0.05, 0) is 37.1 Å². The molecule has 0 radical (unpaired) electrons. The predicted octanol–water partition coefficient (Wildman–Crippen LogP) is 3.36. The number of carbonyl (C=O) groups is 2. The lowest BCUT2D eigenvalue weighted by Crippen LogP contribution is -2.41. The first-order chi connectivity index (χ1) is 13.7. The van der Waals surface area contributed by atoms with Crippen LogP contribution >= 0.6 is 0 Å². The van der Waals surface area contributed by atoms with Gasteiger partial charge in [-0.2, -0.15) is 5.10 Å². The van der Waals surface area contributed by atoms with Gasteiger partial charge >= 0.3 is 0 Å². The van der Waals surface area contributed by atoms with Crippen LogP contribution in [0.15, 0.2) is 73.1 Å². The molecule has 1 aliphatic rings. The molecule has 142 valence electrons. The Morgan fingerprint density at radius 3 is 2.25 bits per heavy atom. The van der Waals surface area contributed by atoms with E-state index < -0.39 is 0 Å². The monoisotopic (exact) mass is 374 g/mol. The summed E-state index contributed by atoms with van der Waals surface area (Å²) in [7, 11) is 0. The number of hydrogen-bond acceptors (Lipinski definition) is 3. The number of para-hydroxylation sites is 2. The number of hydrogen-bond donors (Lipinski definition) is 1. The normalized spacial score (nSPS) is 14.6. The molecule has 1 aromatic heterocycles. The number of benzene rings is 2. The van der Waals surface area contributed by atoms with Crippen LogP contribution in [-0.4, -0.2) is 39.6 Å². The highest BCUT2D eigenvalue weighted by atomic mass is 16.2. The fourth-order valence-electron chi connectivity index (χ4n) is 3.45. The number of anilines is 1. The van der Waals surface area contributed by atoms with Crippen LogP contribution in [0.2, 0.25) is 0 Å². The van der Waals surface area contributed by atoms with E-state index in [-0.39, 0.29) is 17.7 Å². The van der Waals surface area contributed by atoms with Crippen LogP contribution in [0.25, 0.3) is 5.69 Å². The maximum Gasteiger partial charge on any atom is 0.257 e. The van der Waals surface area contributed by atoms with Crippen LogP contribution in [0.4, 0.5) is 5.69 Å². The second-order valence-corrected chi connectivity index (χ2v) is 6.93. The number of amides is 2. The van der Waals surface area contributed by atoms with E-state index in [2.05, 4.69) is 10.4 Å². The Kier molecular flexibility index (Phi) is 5.19. The van der Waals surface area contributed by atoms with Crippen molar-refractivity contribution in [2.45, 2.75) is 12.8 Å². The summed E-state index contributed by atoms with van der Waals surface area (Å²) >= 11 is 0. The number of likely N-dealkylation sites (tertiary alicyclic amines) is 1. The van der Waals surface area contributed by atoms with Gasteiger partial charge in [0.05, 0.1) is 17.4 Å². The second kappa shape index (κ2) is 8.08. The lowest BCUT2D eigenvalue weighted by atomic mass is 9.95. The Hall–Kier alpha value is -3.41. The number of nitrogens with zero attached hydrogens (tertiary/aromatic N) is 3. The molecule has 6 nitrogen and oxygen atoms in total. The fourth-order valence-corrected chi connectivity index (χ4v) is 3.45. The minimum absolute atomic E-state index is 0.0233. The fraction of sp³-hybridized carbons (Fsp3) is 0.227. The molecule has 1 N–H and O–H groups in total. The summed E-state index contributed by atoms with van der Waals surface area (Å²) in [4.78, 5) is 27.0. The summed E-state index contributed by atoms with van der Waals surface area (Å²) in [6.45, 7) is 1.14. The van der Waals surface area contributed by atoms with Crippen molar-refractivity contribution in [1.82, 2.24) is 14.7 Å². The SMILES string of the molecule is O=C(Nc1ccccc1)C1CCN(C(=O)c2cnn(-c3ccccc3)c2)CC1. The minimum atomic E-state index is -0.0729. The molecule has 6 heteroatoms. The van der Waals surface area contributed by atoms with E-state index in [0.29, 0.717) is 31.5 Å². The van der Waals surface area contributed by atoms with Gasteiger partial charge in [0.15, 0.2) is 0 Å². The Balaban J connectivity index is 1.34. The quantitative estimate of drug-likeness (QED) is 0.761. The standard InChI is InChI=1S/C22H22N4O2/c27-21(24-19-7-3-1-4-8-19)17-11-13-25(14-12-17)22(28)18-15-23-26(16-18)20-9-5-2-6-10-20/h1-10,15-17H,11-14H2,(H,24,27). The largest absolute Gasteiger partial charge is 0.339 e. The van der Waals surface area contributed by atoms with E-state index in [0.717, 1.165) is 11.4 Å². The van der Waals surface area contributed by atoms with Gasteiger partial charge in [0.2, 0.25) is 5.91 Å². The van der Waals surface area contributed by atoms with Crippen molar-refractivity contribution in [2.75, 3.05) is 18.4 Å². The second-order valence-electron chi connectivity index (χ2n) is 6.93. The van der Waals surface area contributed by atoms with Gasteiger partial charge in [0, 0.05) is 30.9 Å². The van der Waals surface area contributed by atoms with Crippen molar-refractivity contribution in [3.8, 4) is 5.69 Å². The first kappa shape index (κ1) is 18.0. The van der Waals surface area contributed by atoms with Gasteiger partial charge in [0.1, 0.15) is 0 Å². The maximum absolute atomic E-state index is 12.8. The Labute approximate surface area is 163 Å². The average molecular weight is 374 g/mol. The van der Waals surface area contributed by atoms with Gasteiger partial charge in [-0.3, -0.25) is 9.59 Å². The van der Waals surface area contributed by atoms with Crippen molar-refractivity contribution in [3.63, 3.8) is 0 Å². The molecule has 2 amide bonds. The zero-order valence-corrected chi connectivity index (χ0v) is 15.5. The van der Waals surface area contributed by atoms with Crippen LogP contribution in [0.5, 0.6) is 0 Å². The van der Waals surface area contributed by atoms with Crippen molar-refractivity contribution in [3.05, 3.63) is 78.6 Å². The zero-order valence-electron chi connectivity index (χ0n) is 15.5. The van der Waals surface area contributed by atoms with Crippen LogP contribution in [0.1, 0.15) is 23.2 Å². The molecule has 1 saturated heterocycles. The highest BCUT2D eigenvalue weighted by molar-refractivity contribution is 5.95. The van der Waals surface area contributed by atoms with Crippen molar-refractivity contribution in [2.24, 2.45) is 5.92 Å². The number of piperidine rings is 1. The molecule has 4 rings (SSSR count). The van der Waals surface area contributed by atoms with Crippen molar-refractivity contribution >= 4 is 17.5 Å². The summed E-state index contributed by atoms with van der Waals surface area (Å²) in [5, 5.41) is 7.25. The molecule has 28 heavy (non-hydrogen) atoms. The van der Waals surface area contributed by atoms with Gasteiger partial charge in [-0.15, -0.1) is 0 Å². The third-order valence-electron chi connectivity index (χ3n) is 5.04. The number of nitrogens with one attached hydrogen (secondary N) is 1. The van der Waals surface area contributed by atoms with E-state index in [9.17, 15) is 9.59 Å². The molecule has 3 aromatic rings. The molecule has 2 heterocycles. The van der Waals surface area contributed by atoms with E-state index in [1.165, 1.54) is 0 Å². The topological polar surface area (TPSA) is 67.2 Å². The Morgan fingerprint density at radius 1 is 0.929 bits per heavy atom. The van der Waals surface area contributed by atoms with E-state index in [4.69, 9.17) is 0 Å². The summed E-state index contributed by atoms with van der Waals surface area (Å²) in [6, 6.07) is 19.2. The Morgan fingerprint density at radius 2 is 1.57 bits per heavy atom. The van der Waals surface area contributed by atoms with Crippen molar-refractivity contribution < 1.29 is 9.59 Å².